The predicted octanol–water partition coefficient (Wildman–Crippen LogP) is 0.863. The summed E-state index contributed by atoms with van der Waals surface area (Å²) in [6.45, 7) is 3.44. The van der Waals surface area contributed by atoms with Crippen molar-refractivity contribution < 1.29 is 4.79 Å². The Labute approximate surface area is 71.2 Å². The zero-order valence-electron chi connectivity index (χ0n) is 7.11. The minimum atomic E-state index is 0.149. The Kier molecular flexibility index (Phi) is 1.73. The van der Waals surface area contributed by atoms with E-state index in [0.29, 0.717) is 0 Å². The first-order valence-corrected chi connectivity index (χ1v) is 4.20. The van der Waals surface area contributed by atoms with Crippen molar-refractivity contribution in [3.63, 3.8) is 0 Å². The van der Waals surface area contributed by atoms with Crippen molar-refractivity contribution in [3.8, 4) is 0 Å². The lowest BCUT2D eigenvalue weighted by molar-refractivity contribution is 0.101. The van der Waals surface area contributed by atoms with Gasteiger partial charge in [0.1, 0.15) is 0 Å². The number of Topliss-reactive ketones (excluding diaryl/α,β-unsaturated/α-hetero) is 1. The summed E-state index contributed by atoms with van der Waals surface area (Å²) in [4.78, 5) is 14.3. The second-order valence-corrected chi connectivity index (χ2v) is 3.14. The van der Waals surface area contributed by atoms with Crippen LogP contribution in [0.4, 0.5) is 0 Å². The molecular weight excluding hydrogens is 152 g/mol. The van der Waals surface area contributed by atoms with E-state index in [1.165, 1.54) is 5.69 Å². The van der Waals surface area contributed by atoms with E-state index < -0.39 is 0 Å². The van der Waals surface area contributed by atoms with E-state index in [4.69, 9.17) is 0 Å². The van der Waals surface area contributed by atoms with E-state index in [0.717, 1.165) is 30.6 Å². The van der Waals surface area contributed by atoms with Gasteiger partial charge in [0, 0.05) is 37.0 Å². The summed E-state index contributed by atoms with van der Waals surface area (Å²) in [6.07, 6.45) is 2.82. The summed E-state index contributed by atoms with van der Waals surface area (Å²) < 4.78 is 0. The molecule has 3 heteroatoms. The fourth-order valence-corrected chi connectivity index (χ4v) is 1.66. The van der Waals surface area contributed by atoms with Crippen LogP contribution in [0.5, 0.6) is 0 Å². The molecule has 2 rings (SSSR count). The van der Waals surface area contributed by atoms with Crippen molar-refractivity contribution >= 4 is 5.78 Å². The number of hydrogen-bond donors (Lipinski definition) is 2. The van der Waals surface area contributed by atoms with Gasteiger partial charge in [0.25, 0.3) is 0 Å². The maximum Gasteiger partial charge on any atom is 0.161 e. The Morgan fingerprint density at radius 2 is 2.42 bits per heavy atom. The van der Waals surface area contributed by atoms with Crippen LogP contribution >= 0.6 is 0 Å². The molecule has 0 fully saturated rings. The number of ketones is 1. The summed E-state index contributed by atoms with van der Waals surface area (Å²) in [5, 5.41) is 3.25. The van der Waals surface area contributed by atoms with Gasteiger partial charge in [-0.25, -0.2) is 0 Å². The number of H-pyrrole nitrogens is 1. The maximum absolute atomic E-state index is 11.1. The van der Waals surface area contributed by atoms with Crippen LogP contribution in [0.15, 0.2) is 6.20 Å². The molecule has 2 heterocycles. The lowest BCUT2D eigenvalue weighted by Gasteiger charge is -2.13. The highest BCUT2D eigenvalue weighted by molar-refractivity contribution is 5.95. The van der Waals surface area contributed by atoms with Crippen molar-refractivity contribution in [1.82, 2.24) is 10.3 Å². The van der Waals surface area contributed by atoms with E-state index in [1.807, 2.05) is 6.20 Å². The van der Waals surface area contributed by atoms with E-state index in [-0.39, 0.29) is 5.78 Å². The van der Waals surface area contributed by atoms with Crippen LogP contribution < -0.4 is 5.32 Å². The van der Waals surface area contributed by atoms with Gasteiger partial charge in [-0.2, -0.15) is 0 Å². The van der Waals surface area contributed by atoms with Crippen LogP contribution in [0.1, 0.15) is 28.5 Å². The quantitative estimate of drug-likeness (QED) is 0.605. The summed E-state index contributed by atoms with van der Waals surface area (Å²) in [5.74, 6) is 0.149. The Morgan fingerprint density at radius 3 is 3.17 bits per heavy atom. The van der Waals surface area contributed by atoms with Crippen LogP contribution in [0.25, 0.3) is 0 Å². The zero-order valence-corrected chi connectivity index (χ0v) is 7.11. The first kappa shape index (κ1) is 7.55. The number of nitrogens with one attached hydrogen (secondary N) is 2. The van der Waals surface area contributed by atoms with Crippen LogP contribution in [0, 0.1) is 0 Å². The van der Waals surface area contributed by atoms with Gasteiger partial charge in [-0.1, -0.05) is 0 Å². The molecule has 0 amide bonds. The Balaban J connectivity index is 2.44. The van der Waals surface area contributed by atoms with Crippen molar-refractivity contribution in [2.75, 3.05) is 6.54 Å². The van der Waals surface area contributed by atoms with E-state index in [1.54, 1.807) is 6.92 Å². The summed E-state index contributed by atoms with van der Waals surface area (Å²) in [5.41, 5.74) is 3.23. The largest absolute Gasteiger partial charge is 0.364 e. The van der Waals surface area contributed by atoms with Crippen LogP contribution in [0.3, 0.4) is 0 Å². The first-order chi connectivity index (χ1) is 5.79. The molecule has 1 aromatic heterocycles. The molecule has 3 nitrogen and oxygen atoms in total. The monoisotopic (exact) mass is 164 g/mol. The molecule has 64 valence electrons. The highest BCUT2D eigenvalue weighted by atomic mass is 16.1. The number of aromatic amines is 1. The minimum absolute atomic E-state index is 0.149. The fourth-order valence-electron chi connectivity index (χ4n) is 1.66. The Morgan fingerprint density at radius 1 is 1.58 bits per heavy atom. The average Bonchev–Trinajstić information content (AvgIpc) is 2.47. The smallest absolute Gasteiger partial charge is 0.161 e. The second kappa shape index (κ2) is 2.75. The molecule has 1 aliphatic heterocycles. The van der Waals surface area contributed by atoms with Gasteiger partial charge in [-0.05, 0) is 12.5 Å². The SMILES string of the molecule is CC(=O)c1c[nH]c2c1CNCC2. The molecule has 0 atom stereocenters. The summed E-state index contributed by atoms with van der Waals surface area (Å²) in [6, 6.07) is 0. The average molecular weight is 164 g/mol. The van der Waals surface area contributed by atoms with Crippen molar-refractivity contribution in [3.05, 3.63) is 23.0 Å². The standard InChI is InChI=1S/C9H12N2O/c1-6(12)7-5-11-9-2-3-10-4-8(7)9/h5,10-11H,2-4H2,1H3. The van der Waals surface area contributed by atoms with Gasteiger partial charge in [0.2, 0.25) is 0 Å². The number of carbonyl (C=O) groups is 1. The third kappa shape index (κ3) is 1.06. The summed E-state index contributed by atoms with van der Waals surface area (Å²) >= 11 is 0. The van der Waals surface area contributed by atoms with Crippen molar-refractivity contribution in [2.45, 2.75) is 19.9 Å². The third-order valence-corrected chi connectivity index (χ3v) is 2.31. The number of hydrogen-bond acceptors (Lipinski definition) is 2. The number of aromatic nitrogens is 1. The highest BCUT2D eigenvalue weighted by Gasteiger charge is 2.16. The van der Waals surface area contributed by atoms with E-state index in [9.17, 15) is 4.79 Å². The Bertz CT molecular complexity index is 314. The Hall–Kier alpha value is -1.09. The predicted molar refractivity (Wildman–Crippen MR) is 46.2 cm³/mol. The maximum atomic E-state index is 11.1. The zero-order chi connectivity index (χ0) is 8.55. The van der Waals surface area contributed by atoms with Gasteiger partial charge in [0.05, 0.1) is 0 Å². The van der Waals surface area contributed by atoms with E-state index >= 15 is 0 Å². The lowest BCUT2D eigenvalue weighted by Crippen LogP contribution is -2.24. The summed E-state index contributed by atoms with van der Waals surface area (Å²) in [7, 11) is 0. The molecule has 0 saturated carbocycles. The molecule has 0 bridgehead atoms. The highest BCUT2D eigenvalue weighted by Crippen LogP contribution is 2.17. The molecule has 0 radical (unpaired) electrons. The van der Waals surface area contributed by atoms with Gasteiger partial charge in [0.15, 0.2) is 5.78 Å². The minimum Gasteiger partial charge on any atom is -0.364 e. The number of rotatable bonds is 1. The number of fused-ring (bicyclic) bond motifs is 1. The van der Waals surface area contributed by atoms with Gasteiger partial charge >= 0.3 is 0 Å². The van der Waals surface area contributed by atoms with Gasteiger partial charge < -0.3 is 10.3 Å². The van der Waals surface area contributed by atoms with Gasteiger partial charge in [-0.15, -0.1) is 0 Å². The second-order valence-electron chi connectivity index (χ2n) is 3.14. The molecule has 1 aromatic rings. The van der Waals surface area contributed by atoms with Crippen LogP contribution in [0.2, 0.25) is 0 Å². The fraction of sp³-hybridized carbons (Fsp3) is 0.444. The topological polar surface area (TPSA) is 44.9 Å². The lowest BCUT2D eigenvalue weighted by atomic mass is 10.0. The molecule has 0 spiro atoms. The molecule has 0 aliphatic carbocycles. The molecule has 0 saturated heterocycles. The van der Waals surface area contributed by atoms with Crippen molar-refractivity contribution in [2.24, 2.45) is 0 Å². The van der Waals surface area contributed by atoms with E-state index in [2.05, 4.69) is 10.3 Å². The van der Waals surface area contributed by atoms with Crippen molar-refractivity contribution in [1.29, 1.82) is 0 Å². The van der Waals surface area contributed by atoms with Gasteiger partial charge in [-0.3, -0.25) is 4.79 Å². The molecule has 1 aliphatic rings. The van der Waals surface area contributed by atoms with Crippen LogP contribution in [-0.4, -0.2) is 17.3 Å². The normalized spacial score (nSPS) is 15.8. The van der Waals surface area contributed by atoms with Crippen LogP contribution in [-0.2, 0) is 13.0 Å². The molecule has 0 unspecified atom stereocenters. The molecular formula is C9H12N2O. The number of carbonyl (C=O) groups excluding carboxylic acids is 1. The first-order valence-electron chi connectivity index (χ1n) is 4.20. The molecule has 12 heavy (non-hydrogen) atoms. The molecule has 2 N–H and O–H groups in total. The molecule has 0 aromatic carbocycles. The third-order valence-electron chi connectivity index (χ3n) is 2.31.